The molecule has 0 aliphatic carbocycles. The highest BCUT2D eigenvalue weighted by Gasteiger charge is 2.01. The molecule has 0 aliphatic rings. The Morgan fingerprint density at radius 3 is 2.79 bits per heavy atom. The first kappa shape index (κ1) is 14.4. The molecule has 0 fully saturated rings. The summed E-state index contributed by atoms with van der Waals surface area (Å²) in [6.07, 6.45) is 0. The zero-order chi connectivity index (χ0) is 13.7. The third-order valence-electron chi connectivity index (χ3n) is 2.74. The van der Waals surface area contributed by atoms with Crippen molar-refractivity contribution in [2.75, 3.05) is 12.4 Å². The molecule has 0 atom stereocenters. The zero-order valence-electron chi connectivity index (χ0n) is 10.6. The van der Waals surface area contributed by atoms with Gasteiger partial charge in [0.15, 0.2) is 0 Å². The molecule has 2 aromatic rings. The fourth-order valence-electron chi connectivity index (χ4n) is 1.80. The van der Waals surface area contributed by atoms with E-state index >= 15 is 0 Å². The maximum absolute atomic E-state index is 5.93. The molecule has 2 nitrogen and oxygen atoms in total. The average molecular weight is 341 g/mol. The molecule has 0 spiro atoms. The highest BCUT2D eigenvalue weighted by Crippen LogP contribution is 2.22. The van der Waals surface area contributed by atoms with Gasteiger partial charge < -0.3 is 10.1 Å². The highest BCUT2D eigenvalue weighted by atomic mass is 79.9. The van der Waals surface area contributed by atoms with Crippen LogP contribution < -0.4 is 5.32 Å². The van der Waals surface area contributed by atoms with Gasteiger partial charge in [-0.2, -0.15) is 0 Å². The van der Waals surface area contributed by atoms with E-state index in [9.17, 15) is 0 Å². The lowest BCUT2D eigenvalue weighted by Crippen LogP contribution is -2.00. The van der Waals surface area contributed by atoms with Gasteiger partial charge in [0, 0.05) is 28.8 Å². The maximum Gasteiger partial charge on any atom is 0.0713 e. The summed E-state index contributed by atoms with van der Waals surface area (Å²) in [5, 5.41) is 4.13. The molecule has 0 amide bonds. The molecule has 4 heteroatoms. The molecule has 0 bridgehead atoms. The van der Waals surface area contributed by atoms with Gasteiger partial charge in [0.2, 0.25) is 0 Å². The van der Waals surface area contributed by atoms with Gasteiger partial charge in [0.25, 0.3) is 0 Å². The van der Waals surface area contributed by atoms with E-state index in [0.717, 1.165) is 27.3 Å². The summed E-state index contributed by atoms with van der Waals surface area (Å²) < 4.78 is 6.14. The SMILES string of the molecule is COCc1cccc(NCc2ccc(Cl)cc2Br)c1. The van der Waals surface area contributed by atoms with Gasteiger partial charge in [-0.05, 0) is 35.4 Å². The number of anilines is 1. The van der Waals surface area contributed by atoms with Gasteiger partial charge in [-0.1, -0.05) is 45.7 Å². The molecule has 0 unspecified atom stereocenters. The lowest BCUT2D eigenvalue weighted by atomic mass is 10.2. The first-order valence-corrected chi connectivity index (χ1v) is 7.12. The fraction of sp³-hybridized carbons (Fsp3) is 0.200. The van der Waals surface area contributed by atoms with Crippen LogP contribution in [0, 0.1) is 0 Å². The molecule has 0 saturated heterocycles. The second-order valence-corrected chi connectivity index (χ2v) is 5.51. The molecular formula is C15H15BrClNO. The van der Waals surface area contributed by atoms with Crippen LogP contribution in [0.25, 0.3) is 0 Å². The van der Waals surface area contributed by atoms with Gasteiger partial charge in [0.05, 0.1) is 6.61 Å². The number of nitrogens with one attached hydrogen (secondary N) is 1. The first-order chi connectivity index (χ1) is 9.19. The van der Waals surface area contributed by atoms with Gasteiger partial charge >= 0.3 is 0 Å². The summed E-state index contributed by atoms with van der Waals surface area (Å²) in [7, 11) is 1.70. The van der Waals surface area contributed by atoms with Crippen molar-refractivity contribution < 1.29 is 4.74 Å². The Morgan fingerprint density at radius 1 is 1.21 bits per heavy atom. The van der Waals surface area contributed by atoms with Crippen molar-refractivity contribution in [3.05, 3.63) is 63.1 Å². The third kappa shape index (κ3) is 4.23. The predicted molar refractivity (Wildman–Crippen MR) is 83.6 cm³/mol. The van der Waals surface area contributed by atoms with Crippen molar-refractivity contribution in [1.82, 2.24) is 0 Å². The Balaban J connectivity index is 2.03. The van der Waals surface area contributed by atoms with Crippen molar-refractivity contribution in [2.24, 2.45) is 0 Å². The van der Waals surface area contributed by atoms with Gasteiger partial charge in [-0.25, -0.2) is 0 Å². The van der Waals surface area contributed by atoms with Crippen LogP contribution in [-0.2, 0) is 17.9 Å². The minimum Gasteiger partial charge on any atom is -0.381 e. The number of hydrogen-bond donors (Lipinski definition) is 1. The lowest BCUT2D eigenvalue weighted by Gasteiger charge is -2.10. The van der Waals surface area contributed by atoms with Gasteiger partial charge in [-0.15, -0.1) is 0 Å². The quantitative estimate of drug-likeness (QED) is 0.839. The summed E-state index contributed by atoms with van der Waals surface area (Å²) in [6.45, 7) is 1.37. The van der Waals surface area contributed by atoms with Crippen LogP contribution in [0.2, 0.25) is 5.02 Å². The van der Waals surface area contributed by atoms with Gasteiger partial charge in [-0.3, -0.25) is 0 Å². The molecule has 0 aliphatic heterocycles. The molecule has 0 aromatic heterocycles. The summed E-state index contributed by atoms with van der Waals surface area (Å²) in [5.41, 5.74) is 3.40. The summed E-state index contributed by atoms with van der Waals surface area (Å²) in [4.78, 5) is 0. The zero-order valence-corrected chi connectivity index (χ0v) is 13.0. The Hall–Kier alpha value is -1.03. The van der Waals surface area contributed by atoms with Crippen LogP contribution >= 0.6 is 27.5 Å². The average Bonchev–Trinajstić information content (AvgIpc) is 2.38. The van der Waals surface area contributed by atoms with Gasteiger partial charge in [0.1, 0.15) is 0 Å². The lowest BCUT2D eigenvalue weighted by molar-refractivity contribution is 0.185. The normalized spacial score (nSPS) is 10.5. The van der Waals surface area contributed by atoms with Crippen molar-refractivity contribution in [3.63, 3.8) is 0 Å². The Labute approximate surface area is 126 Å². The number of rotatable bonds is 5. The molecule has 19 heavy (non-hydrogen) atoms. The number of hydrogen-bond acceptors (Lipinski definition) is 2. The highest BCUT2D eigenvalue weighted by molar-refractivity contribution is 9.10. The minimum absolute atomic E-state index is 0.625. The smallest absolute Gasteiger partial charge is 0.0713 e. The van der Waals surface area contributed by atoms with Crippen molar-refractivity contribution in [2.45, 2.75) is 13.2 Å². The van der Waals surface area contributed by atoms with E-state index in [1.54, 1.807) is 7.11 Å². The van der Waals surface area contributed by atoms with E-state index in [4.69, 9.17) is 16.3 Å². The van der Waals surface area contributed by atoms with E-state index in [1.807, 2.05) is 36.4 Å². The molecular weight excluding hydrogens is 326 g/mol. The van der Waals surface area contributed by atoms with Crippen LogP contribution in [0.5, 0.6) is 0 Å². The number of halogens is 2. The maximum atomic E-state index is 5.93. The predicted octanol–water partition coefficient (Wildman–Crippen LogP) is 4.86. The minimum atomic E-state index is 0.625. The number of benzene rings is 2. The summed E-state index contributed by atoms with van der Waals surface area (Å²) in [6, 6.07) is 14.0. The van der Waals surface area contributed by atoms with Crippen LogP contribution in [0.3, 0.4) is 0 Å². The molecule has 2 rings (SSSR count). The van der Waals surface area contributed by atoms with Crippen molar-refractivity contribution in [3.8, 4) is 0 Å². The van der Waals surface area contributed by atoms with E-state index < -0.39 is 0 Å². The van der Waals surface area contributed by atoms with Crippen LogP contribution in [0.1, 0.15) is 11.1 Å². The summed E-state index contributed by atoms with van der Waals surface area (Å²) >= 11 is 9.44. The van der Waals surface area contributed by atoms with Crippen LogP contribution in [0.4, 0.5) is 5.69 Å². The van der Waals surface area contributed by atoms with Crippen molar-refractivity contribution in [1.29, 1.82) is 0 Å². The number of methoxy groups -OCH3 is 1. The topological polar surface area (TPSA) is 21.3 Å². The fourth-order valence-corrected chi connectivity index (χ4v) is 2.62. The van der Waals surface area contributed by atoms with E-state index in [2.05, 4.69) is 27.3 Å². The van der Waals surface area contributed by atoms with E-state index in [0.29, 0.717) is 6.61 Å². The molecule has 0 saturated carbocycles. The largest absolute Gasteiger partial charge is 0.381 e. The Kier molecular flexibility index (Phi) is 5.25. The molecule has 0 radical (unpaired) electrons. The molecule has 2 aromatic carbocycles. The molecule has 1 N–H and O–H groups in total. The monoisotopic (exact) mass is 339 g/mol. The van der Waals surface area contributed by atoms with E-state index in [1.165, 1.54) is 5.56 Å². The van der Waals surface area contributed by atoms with Crippen LogP contribution in [-0.4, -0.2) is 7.11 Å². The second kappa shape index (κ2) is 6.94. The standard InChI is InChI=1S/C15H15BrClNO/c1-19-10-11-3-2-4-14(7-11)18-9-12-5-6-13(17)8-15(12)16/h2-8,18H,9-10H2,1H3. The Bertz CT molecular complexity index is 560. The van der Waals surface area contributed by atoms with E-state index in [-0.39, 0.29) is 0 Å². The Morgan fingerprint density at radius 2 is 2.05 bits per heavy atom. The second-order valence-electron chi connectivity index (χ2n) is 4.22. The summed E-state index contributed by atoms with van der Waals surface area (Å²) in [5.74, 6) is 0. The van der Waals surface area contributed by atoms with Crippen molar-refractivity contribution >= 4 is 33.2 Å². The van der Waals surface area contributed by atoms with Crippen LogP contribution in [0.15, 0.2) is 46.9 Å². The third-order valence-corrected chi connectivity index (χ3v) is 3.71. The first-order valence-electron chi connectivity index (χ1n) is 5.94. The number of ether oxygens (including phenoxy) is 1. The molecule has 0 heterocycles. The molecule has 100 valence electrons.